The molecule has 0 aliphatic carbocycles. The van der Waals surface area contributed by atoms with Crippen LogP contribution >= 0.6 is 24.0 Å². The molecule has 1 amide bonds. The molecule has 2 aromatic rings. The minimum atomic E-state index is -0.173. The van der Waals surface area contributed by atoms with E-state index in [1.807, 2.05) is 6.92 Å². The Kier molecular flexibility index (Phi) is 10.2. The number of nitrogens with zero attached hydrogens (tertiary/aromatic N) is 2. The molecule has 1 aliphatic rings. The van der Waals surface area contributed by atoms with E-state index < -0.39 is 0 Å². The second-order valence-corrected chi connectivity index (χ2v) is 7.71. The second-order valence-electron chi connectivity index (χ2n) is 7.71. The van der Waals surface area contributed by atoms with Gasteiger partial charge in [0.1, 0.15) is 0 Å². The molecule has 1 atom stereocenters. The molecule has 1 fully saturated rings. The van der Waals surface area contributed by atoms with Crippen LogP contribution in [0.3, 0.4) is 0 Å². The first-order chi connectivity index (χ1) is 14.6. The number of furan rings is 1. The summed E-state index contributed by atoms with van der Waals surface area (Å²) in [5.74, 6) is 1.04. The summed E-state index contributed by atoms with van der Waals surface area (Å²) < 4.78 is 5.21. The Bertz CT molecular complexity index is 850. The van der Waals surface area contributed by atoms with Crippen LogP contribution in [0.25, 0.3) is 0 Å². The van der Waals surface area contributed by atoms with Crippen molar-refractivity contribution in [1.82, 2.24) is 16.0 Å². The van der Waals surface area contributed by atoms with E-state index in [2.05, 4.69) is 64.0 Å². The van der Waals surface area contributed by atoms with Crippen molar-refractivity contribution in [1.29, 1.82) is 0 Å². The third-order valence-electron chi connectivity index (χ3n) is 5.23. The fourth-order valence-corrected chi connectivity index (χ4v) is 3.54. The maximum Gasteiger partial charge on any atom is 0.287 e. The van der Waals surface area contributed by atoms with Gasteiger partial charge in [0.05, 0.1) is 6.26 Å². The van der Waals surface area contributed by atoms with Crippen molar-refractivity contribution in [2.24, 2.45) is 4.99 Å². The van der Waals surface area contributed by atoms with Gasteiger partial charge in [-0.25, -0.2) is 0 Å². The number of aryl methyl sites for hydroxylation is 2. The summed E-state index contributed by atoms with van der Waals surface area (Å²) >= 11 is 0. The minimum Gasteiger partial charge on any atom is -0.459 e. The zero-order chi connectivity index (χ0) is 21.3. The summed E-state index contributed by atoms with van der Waals surface area (Å²) in [6.07, 6.45) is 3.38. The molecule has 8 heteroatoms. The van der Waals surface area contributed by atoms with Crippen LogP contribution in [-0.4, -0.2) is 50.6 Å². The first-order valence-corrected chi connectivity index (χ1v) is 10.8. The van der Waals surface area contributed by atoms with E-state index in [0.717, 1.165) is 44.0 Å². The largest absolute Gasteiger partial charge is 0.459 e. The van der Waals surface area contributed by atoms with E-state index in [4.69, 9.17) is 4.42 Å². The molecule has 3 rings (SSSR count). The average molecular weight is 539 g/mol. The van der Waals surface area contributed by atoms with Gasteiger partial charge >= 0.3 is 0 Å². The summed E-state index contributed by atoms with van der Waals surface area (Å²) in [7, 11) is 0. The highest BCUT2D eigenvalue weighted by molar-refractivity contribution is 14.0. The van der Waals surface area contributed by atoms with Crippen molar-refractivity contribution >= 4 is 41.5 Å². The molecule has 7 nitrogen and oxygen atoms in total. The lowest BCUT2D eigenvalue weighted by atomic mass is 10.2. The Morgan fingerprint density at radius 2 is 1.97 bits per heavy atom. The summed E-state index contributed by atoms with van der Waals surface area (Å²) in [6.45, 7) is 10.1. The third-order valence-corrected chi connectivity index (χ3v) is 5.23. The van der Waals surface area contributed by atoms with E-state index in [1.165, 1.54) is 17.5 Å². The highest BCUT2D eigenvalue weighted by atomic mass is 127. The van der Waals surface area contributed by atoms with Crippen molar-refractivity contribution < 1.29 is 9.21 Å². The van der Waals surface area contributed by atoms with Crippen molar-refractivity contribution in [3.05, 3.63) is 53.5 Å². The van der Waals surface area contributed by atoms with Crippen molar-refractivity contribution in [2.75, 3.05) is 37.6 Å². The molecule has 0 radical (unpaired) electrons. The van der Waals surface area contributed by atoms with Crippen LogP contribution in [0, 0.1) is 13.8 Å². The van der Waals surface area contributed by atoms with Crippen LogP contribution < -0.4 is 20.9 Å². The maximum atomic E-state index is 12.1. The van der Waals surface area contributed by atoms with Gasteiger partial charge in [-0.3, -0.25) is 9.79 Å². The lowest BCUT2D eigenvalue weighted by Crippen LogP contribution is -2.44. The number of benzene rings is 1. The Balaban J connectivity index is 0.00000341. The molecule has 31 heavy (non-hydrogen) atoms. The lowest BCUT2D eigenvalue weighted by molar-refractivity contribution is 0.0925. The van der Waals surface area contributed by atoms with Crippen LogP contribution in [-0.2, 0) is 0 Å². The molecule has 0 saturated carbocycles. The molecule has 3 N–H and O–H groups in total. The van der Waals surface area contributed by atoms with Crippen LogP contribution in [0.5, 0.6) is 0 Å². The van der Waals surface area contributed by atoms with Crippen LogP contribution in [0.15, 0.2) is 46.0 Å². The van der Waals surface area contributed by atoms with Crippen molar-refractivity contribution in [3.63, 3.8) is 0 Å². The number of aliphatic imine (C=N–C) groups is 1. The minimum absolute atomic E-state index is 0. The molecule has 0 spiro atoms. The molecule has 1 aromatic heterocycles. The predicted octanol–water partition coefficient (Wildman–Crippen LogP) is 3.47. The SMILES string of the molecule is CCNC(=NCCCNC(=O)c1occc1C)NC1CCN(c2ccc(C)cc2)C1.I. The highest BCUT2D eigenvalue weighted by Gasteiger charge is 2.23. The molecule has 1 unspecified atom stereocenters. The van der Waals surface area contributed by atoms with Crippen LogP contribution in [0.1, 0.15) is 41.4 Å². The fraction of sp³-hybridized carbons (Fsp3) is 0.478. The van der Waals surface area contributed by atoms with Crippen molar-refractivity contribution in [3.8, 4) is 0 Å². The van der Waals surface area contributed by atoms with Gasteiger partial charge in [-0.05, 0) is 51.8 Å². The Labute approximate surface area is 202 Å². The topological polar surface area (TPSA) is 81.9 Å². The Hall–Kier alpha value is -2.23. The average Bonchev–Trinajstić information content (AvgIpc) is 3.37. The van der Waals surface area contributed by atoms with E-state index in [0.29, 0.717) is 24.9 Å². The van der Waals surface area contributed by atoms with Gasteiger partial charge < -0.3 is 25.3 Å². The van der Waals surface area contributed by atoms with E-state index in [1.54, 1.807) is 6.07 Å². The first kappa shape index (κ1) is 25.0. The first-order valence-electron chi connectivity index (χ1n) is 10.8. The molecule has 1 saturated heterocycles. The fourth-order valence-electron chi connectivity index (χ4n) is 3.54. The number of halogens is 1. The molecule has 1 aromatic carbocycles. The normalized spacial score (nSPS) is 16.0. The number of carbonyl (C=O) groups excluding carboxylic acids is 1. The summed E-state index contributed by atoms with van der Waals surface area (Å²) in [5, 5.41) is 9.75. The number of guanidine groups is 1. The van der Waals surface area contributed by atoms with Crippen LogP contribution in [0.4, 0.5) is 5.69 Å². The van der Waals surface area contributed by atoms with Crippen LogP contribution in [0.2, 0.25) is 0 Å². The zero-order valence-electron chi connectivity index (χ0n) is 18.6. The van der Waals surface area contributed by atoms with Gasteiger partial charge in [0.15, 0.2) is 11.7 Å². The lowest BCUT2D eigenvalue weighted by Gasteiger charge is -2.20. The third kappa shape index (κ3) is 7.45. The summed E-state index contributed by atoms with van der Waals surface area (Å²) in [5.41, 5.74) is 3.40. The standard InChI is InChI=1S/C23H33N5O2.HI/c1-4-24-23(26-13-5-12-25-22(29)21-18(3)11-15-30-21)27-19-10-14-28(16-19)20-8-6-17(2)7-9-20;/h6-9,11,15,19H,4-5,10,12-14,16H2,1-3H3,(H,25,29)(H2,24,26,27);1H. The van der Waals surface area contributed by atoms with E-state index in [-0.39, 0.29) is 29.9 Å². The number of hydrogen-bond acceptors (Lipinski definition) is 4. The Morgan fingerprint density at radius 1 is 1.19 bits per heavy atom. The number of rotatable bonds is 8. The summed E-state index contributed by atoms with van der Waals surface area (Å²) in [6, 6.07) is 10.9. The molecule has 170 valence electrons. The number of carbonyl (C=O) groups is 1. The Morgan fingerprint density at radius 3 is 2.65 bits per heavy atom. The molecular formula is C23H34IN5O2. The summed E-state index contributed by atoms with van der Waals surface area (Å²) in [4.78, 5) is 19.1. The van der Waals surface area contributed by atoms with Gasteiger partial charge in [-0.2, -0.15) is 0 Å². The van der Waals surface area contributed by atoms with Gasteiger partial charge in [0, 0.05) is 50.0 Å². The molecule has 2 heterocycles. The van der Waals surface area contributed by atoms with Gasteiger partial charge in [0.2, 0.25) is 0 Å². The van der Waals surface area contributed by atoms with E-state index >= 15 is 0 Å². The molecular weight excluding hydrogens is 505 g/mol. The predicted molar refractivity (Wildman–Crippen MR) is 137 cm³/mol. The number of nitrogens with one attached hydrogen (secondary N) is 3. The molecule has 1 aliphatic heterocycles. The van der Waals surface area contributed by atoms with Crippen molar-refractivity contribution in [2.45, 2.75) is 39.7 Å². The molecule has 0 bridgehead atoms. The smallest absolute Gasteiger partial charge is 0.287 e. The van der Waals surface area contributed by atoms with Gasteiger partial charge in [-0.15, -0.1) is 24.0 Å². The number of anilines is 1. The van der Waals surface area contributed by atoms with Gasteiger partial charge in [-0.1, -0.05) is 17.7 Å². The highest BCUT2D eigenvalue weighted by Crippen LogP contribution is 2.20. The second kappa shape index (κ2) is 12.6. The quantitative estimate of drug-likeness (QED) is 0.207. The zero-order valence-corrected chi connectivity index (χ0v) is 20.9. The maximum absolute atomic E-state index is 12.1. The van der Waals surface area contributed by atoms with E-state index in [9.17, 15) is 4.79 Å². The number of hydrogen-bond donors (Lipinski definition) is 3. The van der Waals surface area contributed by atoms with Gasteiger partial charge in [0.25, 0.3) is 5.91 Å². The monoisotopic (exact) mass is 539 g/mol. The number of amides is 1.